The van der Waals surface area contributed by atoms with Crippen molar-refractivity contribution in [2.24, 2.45) is 0 Å². The Bertz CT molecular complexity index is 1420. The molecule has 10 heteroatoms. The molecular weight excluding hydrogens is 474 g/mol. The van der Waals surface area contributed by atoms with Crippen molar-refractivity contribution in [2.45, 2.75) is 32.1 Å². The van der Waals surface area contributed by atoms with Gasteiger partial charge >= 0.3 is 0 Å². The number of thioether (sulfide) groups is 1. The minimum atomic E-state index is -0.226. The van der Waals surface area contributed by atoms with Crippen molar-refractivity contribution in [3.05, 3.63) is 75.2 Å². The second kappa shape index (κ2) is 10.3. The highest BCUT2D eigenvalue weighted by atomic mass is 35.5. The molecular formula is C24H24ClN5O3S. The number of halogens is 1. The van der Waals surface area contributed by atoms with E-state index in [1.165, 1.54) is 11.8 Å². The van der Waals surface area contributed by atoms with E-state index in [-0.39, 0.29) is 23.8 Å². The van der Waals surface area contributed by atoms with Crippen molar-refractivity contribution in [1.82, 2.24) is 19.3 Å². The second-order valence-electron chi connectivity index (χ2n) is 7.58. The third kappa shape index (κ3) is 5.10. The molecule has 2 aromatic carbocycles. The van der Waals surface area contributed by atoms with Crippen LogP contribution >= 0.6 is 23.4 Å². The van der Waals surface area contributed by atoms with Crippen LogP contribution in [0.2, 0.25) is 5.02 Å². The average Bonchev–Trinajstić information content (AvgIpc) is 3.15. The summed E-state index contributed by atoms with van der Waals surface area (Å²) in [5.74, 6) is 0.545. The summed E-state index contributed by atoms with van der Waals surface area (Å²) in [6, 6.07) is 14.5. The smallest absolute Gasteiger partial charge is 0.280 e. The van der Waals surface area contributed by atoms with Crippen molar-refractivity contribution in [3.8, 4) is 5.75 Å². The number of hydrogen-bond donors (Lipinski definition) is 1. The van der Waals surface area contributed by atoms with Crippen LogP contribution in [0.3, 0.4) is 0 Å². The van der Waals surface area contributed by atoms with E-state index < -0.39 is 0 Å². The summed E-state index contributed by atoms with van der Waals surface area (Å²) in [6.07, 6.45) is 0. The van der Waals surface area contributed by atoms with Crippen LogP contribution < -0.4 is 15.6 Å². The molecule has 0 aliphatic rings. The number of benzene rings is 2. The first-order chi connectivity index (χ1) is 16.4. The largest absolute Gasteiger partial charge is 0.497 e. The van der Waals surface area contributed by atoms with Crippen LogP contribution in [0, 0.1) is 6.92 Å². The molecule has 2 heterocycles. The average molecular weight is 498 g/mol. The molecule has 4 rings (SSSR count). The molecule has 1 N–H and O–H groups in total. The number of ether oxygens (including phenoxy) is 1. The molecule has 1 amide bonds. The normalized spacial score (nSPS) is 11.1. The van der Waals surface area contributed by atoms with Gasteiger partial charge < -0.3 is 10.1 Å². The number of methoxy groups -OCH3 is 1. The van der Waals surface area contributed by atoms with E-state index >= 15 is 0 Å². The zero-order valence-corrected chi connectivity index (χ0v) is 20.6. The Hall–Kier alpha value is -3.30. The number of rotatable bonds is 8. The Labute approximate surface area is 205 Å². The molecule has 0 atom stereocenters. The zero-order chi connectivity index (χ0) is 24.2. The van der Waals surface area contributed by atoms with E-state index in [0.29, 0.717) is 44.9 Å². The van der Waals surface area contributed by atoms with Gasteiger partial charge in [0, 0.05) is 17.3 Å². The van der Waals surface area contributed by atoms with Crippen molar-refractivity contribution >= 4 is 46.0 Å². The minimum Gasteiger partial charge on any atom is -0.497 e. The number of anilines is 1. The summed E-state index contributed by atoms with van der Waals surface area (Å²) in [5.41, 5.74) is 2.96. The molecule has 0 aliphatic heterocycles. The maximum Gasteiger partial charge on any atom is 0.280 e. The van der Waals surface area contributed by atoms with Gasteiger partial charge in [-0.25, -0.2) is 4.98 Å². The topological polar surface area (TPSA) is 91.0 Å². The van der Waals surface area contributed by atoms with E-state index in [0.717, 1.165) is 5.56 Å². The van der Waals surface area contributed by atoms with Crippen molar-refractivity contribution in [2.75, 3.05) is 18.2 Å². The number of nitrogens with one attached hydrogen (secondary N) is 1. The van der Waals surface area contributed by atoms with Crippen molar-refractivity contribution in [1.29, 1.82) is 0 Å². The third-order valence-corrected chi connectivity index (χ3v) is 6.41. The molecule has 2 aromatic heterocycles. The zero-order valence-electron chi connectivity index (χ0n) is 19.0. The number of hydrogen-bond acceptors (Lipinski definition) is 6. The Kier molecular flexibility index (Phi) is 7.23. The lowest BCUT2D eigenvalue weighted by Crippen LogP contribution is -2.26. The lowest BCUT2D eigenvalue weighted by atomic mass is 10.2. The summed E-state index contributed by atoms with van der Waals surface area (Å²) in [5, 5.41) is 8.27. The Balaban J connectivity index is 1.68. The molecule has 4 aromatic rings. The van der Waals surface area contributed by atoms with Gasteiger partial charge in [0.25, 0.3) is 5.56 Å². The van der Waals surface area contributed by atoms with Gasteiger partial charge in [0.2, 0.25) is 5.91 Å². The monoisotopic (exact) mass is 497 g/mol. The first kappa shape index (κ1) is 23.8. The van der Waals surface area contributed by atoms with Gasteiger partial charge in [-0.3, -0.25) is 18.8 Å². The summed E-state index contributed by atoms with van der Waals surface area (Å²) < 4.78 is 8.58. The SMILES string of the molecule is CCn1nc(C)c2nc(SCC(=O)Nc3cccc(Cl)c3)n(Cc3cccc(OC)c3)c(=O)c21. The van der Waals surface area contributed by atoms with E-state index in [2.05, 4.69) is 10.4 Å². The molecule has 0 spiro atoms. The Morgan fingerprint density at radius 2 is 2.00 bits per heavy atom. The summed E-state index contributed by atoms with van der Waals surface area (Å²) in [4.78, 5) is 30.9. The second-order valence-corrected chi connectivity index (χ2v) is 8.96. The van der Waals surface area contributed by atoms with Gasteiger partial charge in [-0.15, -0.1) is 0 Å². The standard InChI is InChI=1S/C24H24ClN5O3S/c1-4-30-22-21(15(2)28-30)27-24(34-14-20(31)26-18-9-6-8-17(25)12-18)29(23(22)32)13-16-7-5-10-19(11-16)33-3/h5-12H,4,13-14H2,1-3H3,(H,26,31). The fourth-order valence-electron chi connectivity index (χ4n) is 3.61. The first-order valence-electron chi connectivity index (χ1n) is 10.7. The molecule has 8 nitrogen and oxygen atoms in total. The van der Waals surface area contributed by atoms with E-state index in [1.807, 2.05) is 38.1 Å². The molecule has 0 aliphatic carbocycles. The van der Waals surface area contributed by atoms with Crippen LogP contribution in [0.5, 0.6) is 5.75 Å². The van der Waals surface area contributed by atoms with Gasteiger partial charge in [-0.05, 0) is 49.7 Å². The summed E-state index contributed by atoms with van der Waals surface area (Å²) >= 11 is 7.20. The molecule has 0 unspecified atom stereocenters. The molecule has 176 valence electrons. The Morgan fingerprint density at radius 3 is 2.74 bits per heavy atom. The minimum absolute atomic E-state index is 0.0729. The van der Waals surface area contributed by atoms with Crippen molar-refractivity contribution < 1.29 is 9.53 Å². The predicted octanol–water partition coefficient (Wildman–Crippen LogP) is 4.36. The van der Waals surface area contributed by atoms with Gasteiger partial charge in [-0.2, -0.15) is 5.10 Å². The predicted molar refractivity (Wildman–Crippen MR) is 135 cm³/mol. The van der Waals surface area contributed by atoms with Crippen LogP contribution in [0.4, 0.5) is 5.69 Å². The molecule has 0 saturated heterocycles. The van der Waals surface area contributed by atoms with E-state index in [4.69, 9.17) is 21.3 Å². The highest BCUT2D eigenvalue weighted by Crippen LogP contribution is 2.23. The lowest BCUT2D eigenvalue weighted by Gasteiger charge is -2.13. The van der Waals surface area contributed by atoms with Crippen molar-refractivity contribution in [3.63, 3.8) is 0 Å². The van der Waals surface area contributed by atoms with Gasteiger partial charge in [0.05, 0.1) is 25.1 Å². The van der Waals surface area contributed by atoms with Crippen LogP contribution in [-0.4, -0.2) is 38.1 Å². The summed E-state index contributed by atoms with van der Waals surface area (Å²) in [7, 11) is 1.60. The van der Waals surface area contributed by atoms with Crippen LogP contribution in [0.25, 0.3) is 11.0 Å². The van der Waals surface area contributed by atoms with Crippen LogP contribution in [0.15, 0.2) is 58.5 Å². The number of amides is 1. The highest BCUT2D eigenvalue weighted by molar-refractivity contribution is 7.99. The van der Waals surface area contributed by atoms with Gasteiger partial charge in [0.15, 0.2) is 10.7 Å². The molecule has 0 saturated carbocycles. The van der Waals surface area contributed by atoms with Gasteiger partial charge in [0.1, 0.15) is 11.3 Å². The number of fused-ring (bicyclic) bond motifs is 1. The third-order valence-electron chi connectivity index (χ3n) is 5.20. The number of nitrogens with zero attached hydrogens (tertiary/aromatic N) is 4. The van der Waals surface area contributed by atoms with E-state index in [9.17, 15) is 9.59 Å². The van der Waals surface area contributed by atoms with Crippen LogP contribution in [0.1, 0.15) is 18.2 Å². The molecule has 0 fully saturated rings. The Morgan fingerprint density at radius 1 is 1.21 bits per heavy atom. The van der Waals surface area contributed by atoms with Gasteiger partial charge in [-0.1, -0.05) is 41.6 Å². The number of carbonyl (C=O) groups is 1. The number of carbonyl (C=O) groups excluding carboxylic acids is 1. The fourth-order valence-corrected chi connectivity index (χ4v) is 4.60. The maximum absolute atomic E-state index is 13.6. The summed E-state index contributed by atoms with van der Waals surface area (Å²) in [6.45, 7) is 4.59. The lowest BCUT2D eigenvalue weighted by molar-refractivity contribution is -0.113. The maximum atomic E-state index is 13.6. The number of aromatic nitrogens is 4. The number of aryl methyl sites for hydroxylation is 2. The first-order valence-corrected chi connectivity index (χ1v) is 12.0. The quantitative estimate of drug-likeness (QED) is 0.287. The highest BCUT2D eigenvalue weighted by Gasteiger charge is 2.19. The molecule has 0 radical (unpaired) electrons. The van der Waals surface area contributed by atoms with E-state index in [1.54, 1.807) is 40.6 Å². The molecule has 34 heavy (non-hydrogen) atoms. The van der Waals surface area contributed by atoms with Crippen LogP contribution in [-0.2, 0) is 17.9 Å². The fraction of sp³-hybridized carbons (Fsp3) is 0.250. The molecule has 0 bridgehead atoms.